The molecule has 2 aromatic rings. The van der Waals surface area contributed by atoms with Gasteiger partial charge in [0.25, 0.3) is 5.91 Å². The van der Waals surface area contributed by atoms with Crippen molar-refractivity contribution in [3.8, 4) is 5.75 Å². The lowest BCUT2D eigenvalue weighted by molar-refractivity contribution is 0.0984. The molecule has 0 aromatic heterocycles. The summed E-state index contributed by atoms with van der Waals surface area (Å²) in [7, 11) is 1.66. The number of benzene rings is 2. The van der Waals surface area contributed by atoms with Gasteiger partial charge in [-0.1, -0.05) is 6.07 Å². The Hall–Kier alpha value is -1.56. The van der Waals surface area contributed by atoms with Gasteiger partial charge in [0.1, 0.15) is 5.75 Å². The van der Waals surface area contributed by atoms with Crippen molar-refractivity contribution in [1.82, 2.24) is 0 Å². The number of hydrogen-bond acceptors (Lipinski definition) is 2. The molecule has 0 spiro atoms. The van der Waals surface area contributed by atoms with Gasteiger partial charge in [0, 0.05) is 15.7 Å². The lowest BCUT2D eigenvalue weighted by Crippen LogP contribution is -2.36. The van der Waals surface area contributed by atoms with Crippen LogP contribution in [-0.4, -0.2) is 19.6 Å². The first-order valence-electron chi connectivity index (χ1n) is 7.35. The minimum Gasteiger partial charge on any atom is -0.495 e. The van der Waals surface area contributed by atoms with Crippen LogP contribution in [0, 0.1) is 10.5 Å². The average molecular weight is 407 g/mol. The van der Waals surface area contributed by atoms with Gasteiger partial charge in [0.05, 0.1) is 12.8 Å². The van der Waals surface area contributed by atoms with E-state index in [2.05, 4.69) is 35.6 Å². The molecule has 0 aliphatic carbocycles. The zero-order valence-electron chi connectivity index (χ0n) is 12.7. The highest BCUT2D eigenvalue weighted by Crippen LogP contribution is 2.38. The maximum Gasteiger partial charge on any atom is 0.258 e. The number of halogens is 1. The highest BCUT2D eigenvalue weighted by Gasteiger charge is 2.27. The topological polar surface area (TPSA) is 29.5 Å². The number of carbonyl (C=O) groups is 1. The Kier molecular flexibility index (Phi) is 4.38. The molecule has 1 amide bonds. The van der Waals surface area contributed by atoms with Crippen molar-refractivity contribution in [3.63, 3.8) is 0 Å². The average Bonchev–Trinajstić information content (AvgIpc) is 2.55. The van der Waals surface area contributed by atoms with Crippen molar-refractivity contribution in [2.45, 2.75) is 19.8 Å². The fraction of sp³-hybridized carbons (Fsp3) is 0.278. The molecule has 1 aliphatic heterocycles. The van der Waals surface area contributed by atoms with Crippen LogP contribution in [0.25, 0.3) is 0 Å². The summed E-state index contributed by atoms with van der Waals surface area (Å²) in [5, 5.41) is 0. The predicted octanol–water partition coefficient (Wildman–Crippen LogP) is 4.20. The van der Waals surface area contributed by atoms with E-state index in [4.69, 9.17) is 4.74 Å². The molecular weight excluding hydrogens is 389 g/mol. The SMILES string of the molecule is COc1ccc(C)c2c1N(C(=O)c1ccc(I)cc1)CCC2. The predicted molar refractivity (Wildman–Crippen MR) is 96.9 cm³/mol. The summed E-state index contributed by atoms with van der Waals surface area (Å²) in [5.41, 5.74) is 4.11. The molecule has 0 N–H and O–H groups in total. The third kappa shape index (κ3) is 2.72. The quantitative estimate of drug-likeness (QED) is 0.699. The van der Waals surface area contributed by atoms with Crippen molar-refractivity contribution in [2.75, 3.05) is 18.6 Å². The summed E-state index contributed by atoms with van der Waals surface area (Å²) in [5.74, 6) is 0.820. The standard InChI is InChI=1S/C18H18INO2/c1-12-5-10-16(22-2)17-15(12)4-3-11-20(17)18(21)13-6-8-14(19)9-7-13/h5-10H,3-4,11H2,1-2H3. The number of fused-ring (bicyclic) bond motifs is 1. The van der Waals surface area contributed by atoms with Gasteiger partial charge >= 0.3 is 0 Å². The van der Waals surface area contributed by atoms with Crippen molar-refractivity contribution in [3.05, 3.63) is 56.7 Å². The Morgan fingerprint density at radius 3 is 2.59 bits per heavy atom. The largest absolute Gasteiger partial charge is 0.495 e. The maximum atomic E-state index is 12.9. The molecule has 0 unspecified atom stereocenters. The van der Waals surface area contributed by atoms with E-state index in [-0.39, 0.29) is 5.91 Å². The molecule has 3 nitrogen and oxygen atoms in total. The third-order valence-electron chi connectivity index (χ3n) is 4.11. The monoisotopic (exact) mass is 407 g/mol. The summed E-state index contributed by atoms with van der Waals surface area (Å²) >= 11 is 2.25. The maximum absolute atomic E-state index is 12.9. The van der Waals surface area contributed by atoms with E-state index in [9.17, 15) is 4.79 Å². The zero-order valence-corrected chi connectivity index (χ0v) is 14.9. The fourth-order valence-electron chi connectivity index (χ4n) is 2.97. The fourth-order valence-corrected chi connectivity index (χ4v) is 3.33. The van der Waals surface area contributed by atoms with Gasteiger partial charge in [-0.25, -0.2) is 0 Å². The molecule has 0 fully saturated rings. The van der Waals surface area contributed by atoms with E-state index in [0.29, 0.717) is 0 Å². The van der Waals surface area contributed by atoms with E-state index >= 15 is 0 Å². The summed E-state index contributed by atoms with van der Waals surface area (Å²) in [6.07, 6.45) is 1.98. The summed E-state index contributed by atoms with van der Waals surface area (Å²) in [6, 6.07) is 11.7. The van der Waals surface area contributed by atoms with Crippen LogP contribution < -0.4 is 9.64 Å². The van der Waals surface area contributed by atoms with Gasteiger partial charge in [0.15, 0.2) is 0 Å². The number of aryl methyl sites for hydroxylation is 1. The summed E-state index contributed by atoms with van der Waals surface area (Å²) in [4.78, 5) is 14.8. The molecule has 4 heteroatoms. The van der Waals surface area contributed by atoms with Gasteiger partial charge in [-0.15, -0.1) is 0 Å². The molecule has 0 saturated carbocycles. The van der Waals surface area contributed by atoms with Gasteiger partial charge in [-0.2, -0.15) is 0 Å². The normalized spacial score (nSPS) is 13.7. The van der Waals surface area contributed by atoms with Crippen LogP contribution in [0.4, 0.5) is 5.69 Å². The van der Waals surface area contributed by atoms with E-state index in [1.807, 2.05) is 35.2 Å². The first-order valence-corrected chi connectivity index (χ1v) is 8.43. The number of hydrogen-bond donors (Lipinski definition) is 0. The van der Waals surface area contributed by atoms with Crippen LogP contribution in [0.1, 0.15) is 27.9 Å². The minimum absolute atomic E-state index is 0.0428. The zero-order chi connectivity index (χ0) is 15.7. The number of anilines is 1. The first-order chi connectivity index (χ1) is 10.6. The smallest absolute Gasteiger partial charge is 0.258 e. The molecule has 1 heterocycles. The van der Waals surface area contributed by atoms with Crippen LogP contribution in [0.2, 0.25) is 0 Å². The Morgan fingerprint density at radius 2 is 1.91 bits per heavy atom. The molecule has 0 atom stereocenters. The number of carbonyl (C=O) groups excluding carboxylic acids is 1. The van der Waals surface area contributed by atoms with E-state index in [1.165, 1.54) is 11.1 Å². The second kappa shape index (κ2) is 6.28. The second-order valence-corrected chi connectivity index (χ2v) is 6.72. The molecule has 0 saturated heterocycles. The Labute approximate surface area is 144 Å². The van der Waals surface area contributed by atoms with E-state index < -0.39 is 0 Å². The summed E-state index contributed by atoms with van der Waals surface area (Å²) < 4.78 is 6.63. The molecule has 0 radical (unpaired) electrons. The highest BCUT2D eigenvalue weighted by atomic mass is 127. The van der Waals surface area contributed by atoms with Gasteiger partial charge in [0.2, 0.25) is 0 Å². The Morgan fingerprint density at radius 1 is 1.18 bits per heavy atom. The first kappa shape index (κ1) is 15.3. The lowest BCUT2D eigenvalue weighted by Gasteiger charge is -2.32. The molecular formula is C18H18INO2. The van der Waals surface area contributed by atoms with Crippen LogP contribution in [0.5, 0.6) is 5.75 Å². The number of nitrogens with zero attached hydrogens (tertiary/aromatic N) is 1. The molecule has 3 rings (SSSR count). The Bertz CT molecular complexity index is 710. The van der Waals surface area contributed by atoms with Gasteiger partial charge in [-0.3, -0.25) is 4.79 Å². The second-order valence-electron chi connectivity index (χ2n) is 5.48. The molecule has 1 aliphatic rings. The summed E-state index contributed by atoms with van der Waals surface area (Å²) in [6.45, 7) is 2.83. The van der Waals surface area contributed by atoms with Crippen LogP contribution in [-0.2, 0) is 6.42 Å². The number of ether oxygens (including phenoxy) is 1. The lowest BCUT2D eigenvalue weighted by atomic mass is 9.95. The van der Waals surface area contributed by atoms with Crippen molar-refractivity contribution >= 4 is 34.2 Å². The van der Waals surface area contributed by atoms with Crippen LogP contribution >= 0.6 is 22.6 Å². The minimum atomic E-state index is 0.0428. The van der Waals surface area contributed by atoms with E-state index in [1.54, 1.807) is 7.11 Å². The van der Waals surface area contributed by atoms with Crippen LogP contribution in [0.3, 0.4) is 0 Å². The molecule has 22 heavy (non-hydrogen) atoms. The number of methoxy groups -OCH3 is 1. The van der Waals surface area contributed by atoms with Gasteiger partial charge < -0.3 is 9.64 Å². The Balaban J connectivity index is 2.06. The number of rotatable bonds is 2. The van der Waals surface area contributed by atoms with Crippen molar-refractivity contribution < 1.29 is 9.53 Å². The van der Waals surface area contributed by atoms with Crippen molar-refractivity contribution in [1.29, 1.82) is 0 Å². The van der Waals surface area contributed by atoms with Crippen molar-refractivity contribution in [2.24, 2.45) is 0 Å². The molecule has 2 aromatic carbocycles. The van der Waals surface area contributed by atoms with E-state index in [0.717, 1.165) is 40.0 Å². The molecule has 114 valence electrons. The highest BCUT2D eigenvalue weighted by molar-refractivity contribution is 14.1. The third-order valence-corrected chi connectivity index (χ3v) is 4.83. The molecule has 0 bridgehead atoms. The van der Waals surface area contributed by atoms with Gasteiger partial charge in [-0.05, 0) is 83.8 Å². The van der Waals surface area contributed by atoms with Crippen LogP contribution in [0.15, 0.2) is 36.4 Å². The number of amides is 1.